The Morgan fingerprint density at radius 3 is 2.50 bits per heavy atom. The summed E-state index contributed by atoms with van der Waals surface area (Å²) < 4.78 is 26.3. The highest BCUT2D eigenvalue weighted by molar-refractivity contribution is 7.92. The monoisotopic (exact) mass is 297 g/mol. The zero-order chi connectivity index (χ0) is 15.1. The van der Waals surface area contributed by atoms with Crippen molar-refractivity contribution in [2.45, 2.75) is 26.7 Å². The molecule has 1 aromatic carbocycles. The molecule has 0 unspecified atom stereocenters. The molecule has 0 bridgehead atoms. The van der Waals surface area contributed by atoms with Crippen LogP contribution in [0.2, 0.25) is 0 Å². The number of nitrogens with one attached hydrogen (secondary N) is 1. The molecule has 0 heterocycles. The van der Waals surface area contributed by atoms with Gasteiger partial charge in [0, 0.05) is 18.6 Å². The van der Waals surface area contributed by atoms with Gasteiger partial charge < -0.3 is 5.11 Å². The van der Waals surface area contributed by atoms with E-state index in [9.17, 15) is 8.42 Å². The summed E-state index contributed by atoms with van der Waals surface area (Å²) in [5, 5.41) is 10.0. The molecule has 0 saturated carbocycles. The van der Waals surface area contributed by atoms with Crippen molar-refractivity contribution < 1.29 is 13.5 Å². The minimum Gasteiger partial charge on any atom is -0.396 e. The molecule has 0 amide bonds. The van der Waals surface area contributed by atoms with Crippen LogP contribution in [0.1, 0.15) is 32.3 Å². The molecule has 0 atom stereocenters. The average Bonchev–Trinajstić information content (AvgIpc) is 2.43. The molecule has 0 saturated heterocycles. The van der Waals surface area contributed by atoms with E-state index in [1.165, 1.54) is 5.41 Å². The normalized spacial score (nSPS) is 12.9. The first-order valence-corrected chi connectivity index (χ1v) is 8.23. The van der Waals surface area contributed by atoms with Gasteiger partial charge in [-0.05, 0) is 29.9 Å². The molecule has 0 aromatic heterocycles. The Hall–Kier alpha value is -1.17. The van der Waals surface area contributed by atoms with E-state index in [4.69, 9.17) is 5.11 Å². The van der Waals surface area contributed by atoms with Crippen LogP contribution in [0.25, 0.3) is 6.08 Å². The lowest BCUT2D eigenvalue weighted by Crippen LogP contribution is -2.33. The van der Waals surface area contributed by atoms with Gasteiger partial charge in [0.15, 0.2) is 0 Å². The zero-order valence-electron chi connectivity index (χ0n) is 12.0. The Bertz CT molecular complexity index is 521. The summed E-state index contributed by atoms with van der Waals surface area (Å²) in [6.45, 7) is 4.44. The molecule has 0 aliphatic rings. The third-order valence-corrected chi connectivity index (χ3v) is 4.04. The maximum Gasteiger partial charge on any atom is 0.233 e. The van der Waals surface area contributed by atoms with Gasteiger partial charge in [-0.3, -0.25) is 0 Å². The zero-order valence-corrected chi connectivity index (χ0v) is 12.9. The van der Waals surface area contributed by atoms with Gasteiger partial charge in [0.05, 0.1) is 0 Å². The summed E-state index contributed by atoms with van der Waals surface area (Å²) >= 11 is 0. The molecule has 20 heavy (non-hydrogen) atoms. The Balaban J connectivity index is 2.56. The van der Waals surface area contributed by atoms with E-state index < -0.39 is 10.0 Å². The van der Waals surface area contributed by atoms with Crippen LogP contribution >= 0.6 is 0 Å². The molecule has 1 rings (SSSR count). The van der Waals surface area contributed by atoms with Crippen molar-refractivity contribution in [2.24, 2.45) is 5.41 Å². The van der Waals surface area contributed by atoms with Gasteiger partial charge in [0.25, 0.3) is 0 Å². The van der Waals surface area contributed by atoms with Gasteiger partial charge in [0.2, 0.25) is 10.0 Å². The fourth-order valence-corrected chi connectivity index (χ4v) is 2.75. The number of rotatable bonds is 8. The van der Waals surface area contributed by atoms with Gasteiger partial charge in [-0.1, -0.05) is 44.2 Å². The van der Waals surface area contributed by atoms with Gasteiger partial charge >= 0.3 is 0 Å². The van der Waals surface area contributed by atoms with Crippen LogP contribution in [0.4, 0.5) is 0 Å². The second kappa shape index (κ2) is 7.57. The fourth-order valence-electron chi connectivity index (χ4n) is 1.72. The molecule has 0 aliphatic heterocycles. The first-order chi connectivity index (χ1) is 9.35. The van der Waals surface area contributed by atoms with Crippen molar-refractivity contribution >= 4 is 16.1 Å². The van der Waals surface area contributed by atoms with Crippen molar-refractivity contribution in [3.8, 4) is 0 Å². The van der Waals surface area contributed by atoms with Gasteiger partial charge in [-0.15, -0.1) is 0 Å². The molecule has 0 spiro atoms. The number of hydrogen-bond acceptors (Lipinski definition) is 3. The Kier molecular flexibility index (Phi) is 6.39. The predicted molar refractivity (Wildman–Crippen MR) is 82.5 cm³/mol. The molecule has 0 aliphatic carbocycles. The van der Waals surface area contributed by atoms with E-state index in [1.807, 2.05) is 44.2 Å². The predicted octanol–water partition coefficient (Wildman–Crippen LogP) is 2.38. The second-order valence-electron chi connectivity index (χ2n) is 5.57. The molecule has 112 valence electrons. The van der Waals surface area contributed by atoms with Crippen LogP contribution in [0.15, 0.2) is 35.7 Å². The highest BCUT2D eigenvalue weighted by Crippen LogP contribution is 2.21. The smallest absolute Gasteiger partial charge is 0.233 e. The van der Waals surface area contributed by atoms with E-state index >= 15 is 0 Å². The minimum absolute atomic E-state index is 0.129. The first-order valence-electron chi connectivity index (χ1n) is 6.68. The summed E-state index contributed by atoms with van der Waals surface area (Å²) in [4.78, 5) is 0. The minimum atomic E-state index is -3.43. The molecular formula is C15H23NO3S. The standard InChI is InChI=1S/C15H23NO3S/c1-15(2,10-6-11-17)13-16-20(18,19)12-9-14-7-4-3-5-8-14/h3-5,7-9,12,16-17H,6,10-11,13H2,1-2H3/b12-9+. The topological polar surface area (TPSA) is 66.4 Å². The van der Waals surface area contributed by atoms with E-state index in [0.717, 1.165) is 12.0 Å². The SMILES string of the molecule is CC(C)(CCCO)CNS(=O)(=O)/C=C/c1ccccc1. The van der Waals surface area contributed by atoms with E-state index in [2.05, 4.69) is 4.72 Å². The van der Waals surface area contributed by atoms with Crippen molar-refractivity contribution in [1.82, 2.24) is 4.72 Å². The Morgan fingerprint density at radius 1 is 1.25 bits per heavy atom. The molecule has 1 aromatic rings. The third kappa shape index (κ3) is 6.84. The number of hydrogen-bond donors (Lipinski definition) is 2. The molecule has 4 nitrogen and oxygen atoms in total. The summed E-state index contributed by atoms with van der Waals surface area (Å²) in [7, 11) is -3.43. The summed E-state index contributed by atoms with van der Waals surface area (Å²) in [5.41, 5.74) is 0.675. The van der Waals surface area contributed by atoms with Crippen LogP contribution in [0.3, 0.4) is 0 Å². The van der Waals surface area contributed by atoms with Gasteiger partial charge in [-0.2, -0.15) is 0 Å². The second-order valence-corrected chi connectivity index (χ2v) is 7.22. The third-order valence-electron chi connectivity index (χ3n) is 3.00. The van der Waals surface area contributed by atoms with Crippen LogP contribution in [0, 0.1) is 5.41 Å². The summed E-state index contributed by atoms with van der Waals surface area (Å²) in [5.74, 6) is 0. The molecule has 2 N–H and O–H groups in total. The highest BCUT2D eigenvalue weighted by Gasteiger charge is 2.19. The lowest BCUT2D eigenvalue weighted by Gasteiger charge is -2.24. The van der Waals surface area contributed by atoms with E-state index in [0.29, 0.717) is 13.0 Å². The van der Waals surface area contributed by atoms with Crippen LogP contribution in [-0.2, 0) is 10.0 Å². The van der Waals surface area contributed by atoms with Crippen molar-refractivity contribution in [3.63, 3.8) is 0 Å². The summed E-state index contributed by atoms with van der Waals surface area (Å²) in [6, 6.07) is 9.29. The summed E-state index contributed by atoms with van der Waals surface area (Å²) in [6.07, 6.45) is 3.02. The van der Waals surface area contributed by atoms with Crippen LogP contribution < -0.4 is 4.72 Å². The molecule has 5 heteroatoms. The van der Waals surface area contributed by atoms with E-state index in [-0.39, 0.29) is 12.0 Å². The lowest BCUT2D eigenvalue weighted by molar-refractivity contribution is 0.242. The maximum absolute atomic E-state index is 11.9. The number of aliphatic hydroxyl groups excluding tert-OH is 1. The molecule has 0 fully saturated rings. The van der Waals surface area contributed by atoms with Crippen molar-refractivity contribution in [1.29, 1.82) is 0 Å². The number of sulfonamides is 1. The van der Waals surface area contributed by atoms with Crippen LogP contribution in [0.5, 0.6) is 0 Å². The fraction of sp³-hybridized carbons (Fsp3) is 0.467. The quantitative estimate of drug-likeness (QED) is 0.774. The highest BCUT2D eigenvalue weighted by atomic mass is 32.2. The Morgan fingerprint density at radius 2 is 1.90 bits per heavy atom. The van der Waals surface area contributed by atoms with Gasteiger partial charge in [-0.25, -0.2) is 13.1 Å². The number of benzene rings is 1. The van der Waals surface area contributed by atoms with Crippen molar-refractivity contribution in [2.75, 3.05) is 13.2 Å². The molecule has 0 radical (unpaired) electrons. The van der Waals surface area contributed by atoms with E-state index in [1.54, 1.807) is 6.08 Å². The molecular weight excluding hydrogens is 274 g/mol. The largest absolute Gasteiger partial charge is 0.396 e. The van der Waals surface area contributed by atoms with Gasteiger partial charge in [0.1, 0.15) is 0 Å². The van der Waals surface area contributed by atoms with Crippen molar-refractivity contribution in [3.05, 3.63) is 41.3 Å². The average molecular weight is 297 g/mol. The first kappa shape index (κ1) is 16.9. The van der Waals surface area contributed by atoms with Crippen LogP contribution in [-0.4, -0.2) is 26.7 Å². The number of aliphatic hydroxyl groups is 1. The Labute approximate surface area is 121 Å². The maximum atomic E-state index is 11.9. The lowest BCUT2D eigenvalue weighted by atomic mass is 9.88.